The topological polar surface area (TPSA) is 44.9 Å². The number of ether oxygens (including phenoxy) is 1. The van der Waals surface area contributed by atoms with Crippen LogP contribution < -0.4 is 4.74 Å². The fourth-order valence-electron chi connectivity index (χ4n) is 6.66. The molecule has 0 radical (unpaired) electrons. The molecule has 5 nitrogen and oxygen atoms in total. The molecule has 4 aromatic carbocycles. The predicted molar refractivity (Wildman–Crippen MR) is 190 cm³/mol. The Morgan fingerprint density at radius 3 is 2.17 bits per heavy atom. The number of alkyl halides is 2. The summed E-state index contributed by atoms with van der Waals surface area (Å²) in [5, 5.41) is 6.84. The molecule has 0 N–H and O–H groups in total. The number of rotatable bonds is 7. The Labute approximate surface area is 279 Å². The first kappa shape index (κ1) is 31.3. The van der Waals surface area contributed by atoms with Gasteiger partial charge in [0.2, 0.25) is 0 Å². The van der Waals surface area contributed by atoms with Crippen molar-refractivity contribution in [3.63, 3.8) is 0 Å². The Morgan fingerprint density at radius 1 is 0.729 bits per heavy atom. The summed E-state index contributed by atoms with van der Waals surface area (Å²) in [5.74, 6) is 2.17. The van der Waals surface area contributed by atoms with E-state index in [2.05, 4.69) is 72.9 Å². The van der Waals surface area contributed by atoms with Gasteiger partial charge in [-0.25, -0.2) is 18.4 Å². The van der Waals surface area contributed by atoms with Gasteiger partial charge < -0.3 is 4.74 Å². The van der Waals surface area contributed by atoms with Gasteiger partial charge in [-0.1, -0.05) is 45.0 Å². The number of para-hydroxylation sites is 1. The van der Waals surface area contributed by atoms with Gasteiger partial charge in [0.15, 0.2) is 0 Å². The zero-order valence-electron chi connectivity index (χ0n) is 28.1. The Morgan fingerprint density at radius 2 is 1.44 bits per heavy atom. The first-order chi connectivity index (χ1) is 23.1. The van der Waals surface area contributed by atoms with Gasteiger partial charge in [-0.05, 0) is 108 Å². The summed E-state index contributed by atoms with van der Waals surface area (Å²) in [5.41, 5.74) is 8.92. The molecule has 3 aromatic heterocycles. The number of nitrogens with zero attached hydrogens (tertiary/aromatic N) is 4. The number of hydrogen-bond donors (Lipinski definition) is 0. The molecule has 0 saturated heterocycles. The largest absolute Gasteiger partial charge is 0.457 e. The standard InChI is InChI=1S/C41H38F2N4O/c1-25-26(2)35(21-42)40(36(22-43)27(25)3)28-23-45-46(24-28)30-10-9-11-31(19-30)48-32-14-15-34-33-12-7-8-13-37(33)47(38(34)20-32)39-18-29(16-17-44-39)41(4,5)6/h7-20,23-24H,21-22H2,1-6H3. The van der Waals surface area contributed by atoms with Gasteiger partial charge in [0, 0.05) is 40.9 Å². The van der Waals surface area contributed by atoms with Gasteiger partial charge in [0.05, 0.1) is 22.9 Å². The van der Waals surface area contributed by atoms with Crippen LogP contribution in [0.4, 0.5) is 8.78 Å². The van der Waals surface area contributed by atoms with E-state index < -0.39 is 13.3 Å². The van der Waals surface area contributed by atoms with Crippen molar-refractivity contribution in [1.29, 1.82) is 0 Å². The molecule has 242 valence electrons. The Bertz CT molecular complexity index is 2300. The van der Waals surface area contributed by atoms with Crippen LogP contribution in [0.2, 0.25) is 0 Å². The maximum Gasteiger partial charge on any atom is 0.137 e. The lowest BCUT2D eigenvalue weighted by Crippen LogP contribution is -2.12. The fraction of sp³-hybridized carbons (Fsp3) is 0.220. The van der Waals surface area contributed by atoms with Gasteiger partial charge >= 0.3 is 0 Å². The highest BCUT2D eigenvalue weighted by Gasteiger charge is 2.21. The maximum absolute atomic E-state index is 14.3. The van der Waals surface area contributed by atoms with Crippen molar-refractivity contribution in [1.82, 2.24) is 19.3 Å². The zero-order valence-corrected chi connectivity index (χ0v) is 28.1. The van der Waals surface area contributed by atoms with Crippen LogP contribution >= 0.6 is 0 Å². The summed E-state index contributed by atoms with van der Waals surface area (Å²) in [6.45, 7) is 11.0. The van der Waals surface area contributed by atoms with Crippen LogP contribution in [0, 0.1) is 20.8 Å². The predicted octanol–water partition coefficient (Wildman–Crippen LogP) is 11.0. The molecule has 3 heterocycles. The van der Waals surface area contributed by atoms with Crippen molar-refractivity contribution in [2.75, 3.05) is 0 Å². The van der Waals surface area contributed by atoms with Crippen molar-refractivity contribution in [2.24, 2.45) is 0 Å². The fourth-order valence-corrected chi connectivity index (χ4v) is 6.66. The van der Waals surface area contributed by atoms with Crippen LogP contribution in [0.25, 0.3) is 44.4 Å². The lowest BCUT2D eigenvalue weighted by Gasteiger charge is -2.20. The van der Waals surface area contributed by atoms with Crippen molar-refractivity contribution in [3.8, 4) is 34.1 Å². The second-order valence-corrected chi connectivity index (χ2v) is 13.4. The first-order valence-electron chi connectivity index (χ1n) is 16.2. The number of benzene rings is 4. The monoisotopic (exact) mass is 640 g/mol. The van der Waals surface area contributed by atoms with Crippen LogP contribution in [-0.2, 0) is 18.8 Å². The summed E-state index contributed by atoms with van der Waals surface area (Å²) in [7, 11) is 0. The molecule has 0 saturated carbocycles. The molecule has 0 aliphatic rings. The third kappa shape index (κ3) is 5.33. The first-order valence-corrected chi connectivity index (χ1v) is 16.2. The van der Waals surface area contributed by atoms with Gasteiger partial charge in [-0.15, -0.1) is 0 Å². The van der Waals surface area contributed by atoms with Gasteiger partial charge in [-0.3, -0.25) is 4.57 Å². The molecule has 0 bridgehead atoms. The van der Waals surface area contributed by atoms with Crippen molar-refractivity contribution >= 4 is 21.8 Å². The molecular weight excluding hydrogens is 602 g/mol. The van der Waals surface area contributed by atoms with E-state index in [9.17, 15) is 8.78 Å². The molecule has 0 unspecified atom stereocenters. The molecule has 0 fully saturated rings. The highest BCUT2D eigenvalue weighted by molar-refractivity contribution is 6.09. The molecule has 7 aromatic rings. The van der Waals surface area contributed by atoms with E-state index in [4.69, 9.17) is 9.72 Å². The smallest absolute Gasteiger partial charge is 0.137 e. The lowest BCUT2D eigenvalue weighted by atomic mass is 9.87. The summed E-state index contributed by atoms with van der Waals surface area (Å²) in [4.78, 5) is 4.78. The number of halogens is 2. The van der Waals surface area contributed by atoms with Crippen LogP contribution in [-0.4, -0.2) is 19.3 Å². The number of aromatic nitrogens is 4. The van der Waals surface area contributed by atoms with E-state index in [0.29, 0.717) is 33.8 Å². The van der Waals surface area contributed by atoms with Crippen molar-refractivity contribution < 1.29 is 13.5 Å². The Balaban J connectivity index is 1.26. The molecule has 0 aliphatic heterocycles. The van der Waals surface area contributed by atoms with Gasteiger partial charge in [-0.2, -0.15) is 5.10 Å². The molecule has 0 amide bonds. The molecule has 48 heavy (non-hydrogen) atoms. The van der Waals surface area contributed by atoms with E-state index in [0.717, 1.165) is 50.0 Å². The lowest BCUT2D eigenvalue weighted by molar-refractivity contribution is 0.474. The quantitative estimate of drug-likeness (QED) is 0.174. The summed E-state index contributed by atoms with van der Waals surface area (Å²) in [6, 6.07) is 26.4. The highest BCUT2D eigenvalue weighted by Crippen LogP contribution is 2.38. The molecule has 0 atom stereocenters. The van der Waals surface area contributed by atoms with Crippen molar-refractivity contribution in [3.05, 3.63) is 131 Å². The molecule has 7 rings (SSSR count). The van der Waals surface area contributed by atoms with E-state index in [1.54, 1.807) is 10.9 Å². The van der Waals surface area contributed by atoms with Crippen LogP contribution in [0.1, 0.15) is 54.2 Å². The minimum atomic E-state index is -0.675. The third-order valence-corrected chi connectivity index (χ3v) is 9.58. The number of fused-ring (bicyclic) bond motifs is 3. The van der Waals surface area contributed by atoms with E-state index in [-0.39, 0.29) is 5.41 Å². The number of hydrogen-bond acceptors (Lipinski definition) is 3. The molecule has 0 aliphatic carbocycles. The van der Waals surface area contributed by atoms with Crippen LogP contribution in [0.3, 0.4) is 0 Å². The van der Waals surface area contributed by atoms with Gasteiger partial charge in [0.25, 0.3) is 0 Å². The highest BCUT2D eigenvalue weighted by atomic mass is 19.1. The van der Waals surface area contributed by atoms with E-state index in [1.807, 2.05) is 69.6 Å². The Hall–Kier alpha value is -5.30. The number of pyridine rings is 1. The van der Waals surface area contributed by atoms with E-state index >= 15 is 0 Å². The minimum absolute atomic E-state index is 0.0197. The molecular formula is C41H38F2N4O. The maximum atomic E-state index is 14.3. The van der Waals surface area contributed by atoms with Crippen LogP contribution in [0.15, 0.2) is 97.5 Å². The average Bonchev–Trinajstić information content (AvgIpc) is 3.70. The Kier molecular flexibility index (Phi) is 7.86. The molecule has 7 heteroatoms. The van der Waals surface area contributed by atoms with Gasteiger partial charge in [0.1, 0.15) is 30.7 Å². The van der Waals surface area contributed by atoms with Crippen molar-refractivity contribution in [2.45, 2.75) is 60.3 Å². The zero-order chi connectivity index (χ0) is 33.7. The minimum Gasteiger partial charge on any atom is -0.457 e. The molecule has 0 spiro atoms. The second-order valence-electron chi connectivity index (χ2n) is 13.4. The SMILES string of the molecule is Cc1c(C)c(CF)c(-c2cnn(-c3cccc(Oc4ccc5c6ccccc6n(-c6cc(C(C)(C)C)ccn6)c5c4)c3)c2)c(CF)c1C. The second kappa shape index (κ2) is 12.1. The van der Waals surface area contributed by atoms with Crippen LogP contribution in [0.5, 0.6) is 11.5 Å². The summed E-state index contributed by atoms with van der Waals surface area (Å²) >= 11 is 0. The summed E-state index contributed by atoms with van der Waals surface area (Å²) < 4.78 is 39.0. The average molecular weight is 641 g/mol. The normalized spacial score (nSPS) is 11.9. The third-order valence-electron chi connectivity index (χ3n) is 9.58. The summed E-state index contributed by atoms with van der Waals surface area (Å²) in [6.07, 6.45) is 5.37. The van der Waals surface area contributed by atoms with E-state index in [1.165, 1.54) is 5.56 Å².